The van der Waals surface area contributed by atoms with Gasteiger partial charge in [0.2, 0.25) is 0 Å². The maximum Gasteiger partial charge on any atom is 0.325 e. The van der Waals surface area contributed by atoms with E-state index in [4.69, 9.17) is 11.6 Å². The standard InChI is InChI=1S/C10H11ClN2O2/c1-7(12-6-10(14)15-2)8-4-3-5-9(11)13-8/h3-5,12H,1,6H2,2H3. The second-order valence-electron chi connectivity index (χ2n) is 2.75. The Labute approximate surface area is 92.9 Å². The van der Waals surface area contributed by atoms with Crippen LogP contribution in [0.1, 0.15) is 5.69 Å². The molecule has 0 amide bonds. The smallest absolute Gasteiger partial charge is 0.325 e. The molecular weight excluding hydrogens is 216 g/mol. The van der Waals surface area contributed by atoms with Crippen LogP contribution in [-0.4, -0.2) is 24.6 Å². The number of halogens is 1. The van der Waals surface area contributed by atoms with Crippen molar-refractivity contribution in [3.63, 3.8) is 0 Å². The Balaban J connectivity index is 2.58. The van der Waals surface area contributed by atoms with Gasteiger partial charge in [-0.3, -0.25) is 4.79 Å². The summed E-state index contributed by atoms with van der Waals surface area (Å²) >= 11 is 5.71. The van der Waals surface area contributed by atoms with E-state index in [1.807, 2.05) is 0 Å². The van der Waals surface area contributed by atoms with Crippen LogP contribution >= 0.6 is 11.6 Å². The van der Waals surface area contributed by atoms with Crippen LogP contribution in [-0.2, 0) is 9.53 Å². The number of rotatable bonds is 4. The van der Waals surface area contributed by atoms with Crippen LogP contribution in [0.5, 0.6) is 0 Å². The fourth-order valence-corrected chi connectivity index (χ4v) is 1.08. The van der Waals surface area contributed by atoms with Crippen molar-refractivity contribution in [1.29, 1.82) is 0 Å². The van der Waals surface area contributed by atoms with Crippen molar-refractivity contribution in [2.24, 2.45) is 0 Å². The van der Waals surface area contributed by atoms with Gasteiger partial charge in [0.1, 0.15) is 11.7 Å². The summed E-state index contributed by atoms with van der Waals surface area (Å²) < 4.78 is 4.47. The molecule has 15 heavy (non-hydrogen) atoms. The molecule has 4 nitrogen and oxygen atoms in total. The number of carbonyl (C=O) groups excluding carboxylic acids is 1. The maximum absolute atomic E-state index is 10.8. The third-order valence-corrected chi connectivity index (χ3v) is 1.91. The molecular formula is C10H11ClN2O2. The van der Waals surface area contributed by atoms with Crippen LogP contribution in [0.2, 0.25) is 5.15 Å². The Kier molecular flexibility index (Phi) is 4.12. The lowest BCUT2D eigenvalue weighted by Gasteiger charge is -2.07. The van der Waals surface area contributed by atoms with Gasteiger partial charge >= 0.3 is 5.97 Å². The van der Waals surface area contributed by atoms with Crippen LogP contribution in [0.25, 0.3) is 5.70 Å². The van der Waals surface area contributed by atoms with E-state index in [1.165, 1.54) is 7.11 Å². The van der Waals surface area contributed by atoms with Crippen LogP contribution in [0.3, 0.4) is 0 Å². The zero-order chi connectivity index (χ0) is 11.3. The quantitative estimate of drug-likeness (QED) is 0.624. The lowest BCUT2D eigenvalue weighted by Crippen LogP contribution is -2.22. The third kappa shape index (κ3) is 3.59. The van der Waals surface area contributed by atoms with Crippen molar-refractivity contribution in [3.8, 4) is 0 Å². The van der Waals surface area contributed by atoms with Gasteiger partial charge in [-0.15, -0.1) is 0 Å². The Morgan fingerprint density at radius 2 is 2.40 bits per heavy atom. The molecule has 1 N–H and O–H groups in total. The number of carbonyl (C=O) groups is 1. The minimum absolute atomic E-state index is 0.0591. The van der Waals surface area contributed by atoms with E-state index < -0.39 is 0 Å². The topological polar surface area (TPSA) is 51.2 Å². The van der Waals surface area contributed by atoms with Crippen molar-refractivity contribution in [1.82, 2.24) is 10.3 Å². The summed E-state index contributed by atoms with van der Waals surface area (Å²) in [6, 6.07) is 5.17. The van der Waals surface area contributed by atoms with Gasteiger partial charge in [-0.2, -0.15) is 0 Å². The number of hydrogen-bond acceptors (Lipinski definition) is 4. The predicted molar refractivity (Wildman–Crippen MR) is 58.3 cm³/mol. The summed E-state index contributed by atoms with van der Waals surface area (Å²) in [5, 5.41) is 3.17. The maximum atomic E-state index is 10.8. The van der Waals surface area contributed by atoms with Crippen LogP contribution in [0, 0.1) is 0 Å². The molecule has 80 valence electrons. The zero-order valence-electron chi connectivity index (χ0n) is 8.29. The average molecular weight is 227 g/mol. The first-order valence-corrected chi connectivity index (χ1v) is 4.64. The van der Waals surface area contributed by atoms with Crippen molar-refractivity contribution >= 4 is 23.3 Å². The lowest BCUT2D eigenvalue weighted by atomic mass is 10.3. The molecule has 0 spiro atoms. The number of hydrogen-bond donors (Lipinski definition) is 1. The number of methoxy groups -OCH3 is 1. The van der Waals surface area contributed by atoms with E-state index in [2.05, 4.69) is 21.6 Å². The first-order valence-electron chi connectivity index (χ1n) is 4.26. The molecule has 1 aromatic rings. The zero-order valence-corrected chi connectivity index (χ0v) is 9.04. The number of esters is 1. The highest BCUT2D eigenvalue weighted by atomic mass is 35.5. The average Bonchev–Trinajstić information content (AvgIpc) is 2.25. The molecule has 0 saturated carbocycles. The summed E-state index contributed by atoms with van der Waals surface area (Å²) in [4.78, 5) is 14.9. The molecule has 1 heterocycles. The Morgan fingerprint density at radius 3 is 3.00 bits per heavy atom. The Morgan fingerprint density at radius 1 is 1.67 bits per heavy atom. The molecule has 0 aliphatic carbocycles. The Hall–Kier alpha value is -1.55. The van der Waals surface area contributed by atoms with Gasteiger partial charge in [0.05, 0.1) is 18.5 Å². The van der Waals surface area contributed by atoms with Crippen LogP contribution < -0.4 is 5.32 Å². The molecule has 0 fully saturated rings. The molecule has 0 aliphatic heterocycles. The fraction of sp³-hybridized carbons (Fsp3) is 0.200. The summed E-state index contributed by atoms with van der Waals surface area (Å²) in [5.41, 5.74) is 1.13. The van der Waals surface area contributed by atoms with E-state index in [9.17, 15) is 4.79 Å². The molecule has 1 aromatic heterocycles. The van der Waals surface area contributed by atoms with Gasteiger partial charge in [0, 0.05) is 0 Å². The first kappa shape index (κ1) is 11.5. The third-order valence-electron chi connectivity index (χ3n) is 1.70. The molecule has 0 bridgehead atoms. The summed E-state index contributed by atoms with van der Waals surface area (Å²) in [5.74, 6) is -0.363. The van der Waals surface area contributed by atoms with Gasteiger partial charge in [0.15, 0.2) is 0 Å². The van der Waals surface area contributed by atoms with Crippen molar-refractivity contribution in [2.45, 2.75) is 0 Å². The first-order chi connectivity index (χ1) is 7.13. The van der Waals surface area contributed by atoms with Crippen molar-refractivity contribution < 1.29 is 9.53 Å². The monoisotopic (exact) mass is 226 g/mol. The van der Waals surface area contributed by atoms with E-state index in [0.717, 1.165) is 0 Å². The fourth-order valence-electron chi connectivity index (χ4n) is 0.918. The number of nitrogens with one attached hydrogen (secondary N) is 1. The number of pyridine rings is 1. The van der Waals surface area contributed by atoms with E-state index in [0.29, 0.717) is 16.5 Å². The van der Waals surface area contributed by atoms with Crippen LogP contribution in [0.15, 0.2) is 24.8 Å². The summed E-state index contributed by atoms with van der Waals surface area (Å²) in [6.07, 6.45) is 0. The minimum Gasteiger partial charge on any atom is -0.468 e. The summed E-state index contributed by atoms with van der Waals surface area (Å²) in [7, 11) is 1.32. The van der Waals surface area contributed by atoms with Gasteiger partial charge in [-0.1, -0.05) is 24.2 Å². The lowest BCUT2D eigenvalue weighted by molar-refractivity contribution is -0.139. The molecule has 0 aliphatic rings. The molecule has 5 heteroatoms. The van der Waals surface area contributed by atoms with Gasteiger partial charge in [-0.05, 0) is 12.1 Å². The highest BCUT2D eigenvalue weighted by Crippen LogP contribution is 2.10. The van der Waals surface area contributed by atoms with Gasteiger partial charge < -0.3 is 10.1 Å². The second-order valence-corrected chi connectivity index (χ2v) is 3.14. The normalized spacial score (nSPS) is 9.47. The molecule has 0 radical (unpaired) electrons. The van der Waals surface area contributed by atoms with Gasteiger partial charge in [0.25, 0.3) is 0 Å². The van der Waals surface area contributed by atoms with E-state index in [-0.39, 0.29) is 12.5 Å². The van der Waals surface area contributed by atoms with E-state index >= 15 is 0 Å². The predicted octanol–water partition coefficient (Wildman–Crippen LogP) is 1.47. The minimum atomic E-state index is -0.363. The second kappa shape index (κ2) is 5.36. The highest BCUT2D eigenvalue weighted by molar-refractivity contribution is 6.29. The highest BCUT2D eigenvalue weighted by Gasteiger charge is 2.03. The number of ether oxygens (including phenoxy) is 1. The van der Waals surface area contributed by atoms with Gasteiger partial charge in [-0.25, -0.2) is 4.98 Å². The molecule has 0 aromatic carbocycles. The summed E-state index contributed by atoms with van der Waals surface area (Å²) in [6.45, 7) is 3.79. The van der Waals surface area contributed by atoms with E-state index in [1.54, 1.807) is 18.2 Å². The number of nitrogens with zero attached hydrogens (tertiary/aromatic N) is 1. The molecule has 0 saturated heterocycles. The largest absolute Gasteiger partial charge is 0.468 e. The molecule has 1 rings (SSSR count). The van der Waals surface area contributed by atoms with Crippen molar-refractivity contribution in [3.05, 3.63) is 35.6 Å². The number of aromatic nitrogens is 1. The Bertz CT molecular complexity index is 379. The molecule has 0 unspecified atom stereocenters. The SMILES string of the molecule is C=C(NCC(=O)OC)c1cccc(Cl)n1. The molecule has 0 atom stereocenters. The van der Waals surface area contributed by atoms with Crippen molar-refractivity contribution in [2.75, 3.05) is 13.7 Å². The van der Waals surface area contributed by atoms with Crippen LogP contribution in [0.4, 0.5) is 0 Å².